The van der Waals surface area contributed by atoms with E-state index in [9.17, 15) is 4.79 Å². The monoisotopic (exact) mass is 591 g/mol. The Bertz CT molecular complexity index is 1390. The summed E-state index contributed by atoms with van der Waals surface area (Å²) in [5, 5.41) is 9.10. The van der Waals surface area contributed by atoms with Crippen LogP contribution >= 0.6 is 50.7 Å². The van der Waals surface area contributed by atoms with Gasteiger partial charge in [0, 0.05) is 10.0 Å². The van der Waals surface area contributed by atoms with Crippen molar-refractivity contribution in [2.45, 2.75) is 27.0 Å². The molecule has 0 atom stereocenters. The number of carbonyl (C=O) groups excluding carboxylic acids is 1. The molecule has 0 radical (unpaired) electrons. The van der Waals surface area contributed by atoms with E-state index in [4.69, 9.17) is 39.5 Å². The molecule has 4 aromatic rings. The van der Waals surface area contributed by atoms with Gasteiger partial charge in [0.1, 0.15) is 12.4 Å². The van der Waals surface area contributed by atoms with E-state index in [1.165, 1.54) is 0 Å². The molecule has 0 aliphatic heterocycles. The molecule has 1 N–H and O–H groups in total. The van der Waals surface area contributed by atoms with Gasteiger partial charge in [0.05, 0.1) is 38.7 Å². The van der Waals surface area contributed by atoms with Crippen LogP contribution in [0.3, 0.4) is 0 Å². The van der Waals surface area contributed by atoms with Crippen LogP contribution in [0.4, 0.5) is 5.69 Å². The van der Waals surface area contributed by atoms with Gasteiger partial charge in [0.15, 0.2) is 0 Å². The van der Waals surface area contributed by atoms with Crippen molar-refractivity contribution < 1.29 is 9.53 Å². The highest BCUT2D eigenvalue weighted by Gasteiger charge is 2.16. The lowest BCUT2D eigenvalue weighted by Gasteiger charge is -2.10. The Labute approximate surface area is 227 Å². The number of aromatic nitrogens is 2. The SMILES string of the molecule is Cc1nn(Cc2ccc(Cl)c(Cl)c2)c(C)c1NC(=O)c1ccc(COc2ccc(Br)cc2Cl)cc1. The zero-order chi connectivity index (χ0) is 25.1. The first kappa shape index (κ1) is 25.6. The third-order valence-electron chi connectivity index (χ3n) is 5.44. The van der Waals surface area contributed by atoms with Crippen LogP contribution in [0.5, 0.6) is 5.75 Å². The van der Waals surface area contributed by atoms with Gasteiger partial charge in [-0.25, -0.2) is 0 Å². The summed E-state index contributed by atoms with van der Waals surface area (Å²) in [6, 6.07) is 18.2. The van der Waals surface area contributed by atoms with Gasteiger partial charge in [-0.2, -0.15) is 5.10 Å². The number of aryl methyl sites for hydroxylation is 1. The first-order valence-corrected chi connectivity index (χ1v) is 12.6. The van der Waals surface area contributed by atoms with E-state index < -0.39 is 0 Å². The second-order valence-corrected chi connectivity index (χ2v) is 10.1. The molecule has 180 valence electrons. The Morgan fingerprint density at radius 1 is 0.943 bits per heavy atom. The molecule has 0 bridgehead atoms. The van der Waals surface area contributed by atoms with Crippen molar-refractivity contribution in [2.75, 3.05) is 5.32 Å². The van der Waals surface area contributed by atoms with Gasteiger partial charge in [0.25, 0.3) is 5.91 Å². The molecule has 35 heavy (non-hydrogen) atoms. The van der Waals surface area contributed by atoms with Crippen molar-refractivity contribution in [2.24, 2.45) is 0 Å². The first-order valence-electron chi connectivity index (χ1n) is 10.7. The molecule has 0 saturated carbocycles. The number of benzene rings is 3. The number of ether oxygens (including phenoxy) is 1. The molecular weight excluding hydrogens is 573 g/mol. The van der Waals surface area contributed by atoms with Crippen molar-refractivity contribution in [1.82, 2.24) is 9.78 Å². The lowest BCUT2D eigenvalue weighted by Crippen LogP contribution is -2.13. The molecule has 0 aliphatic carbocycles. The highest BCUT2D eigenvalue weighted by Crippen LogP contribution is 2.29. The number of hydrogen-bond acceptors (Lipinski definition) is 3. The van der Waals surface area contributed by atoms with Gasteiger partial charge in [0.2, 0.25) is 0 Å². The van der Waals surface area contributed by atoms with Gasteiger partial charge in [-0.05, 0) is 67.4 Å². The second-order valence-electron chi connectivity index (χ2n) is 7.97. The van der Waals surface area contributed by atoms with Gasteiger partial charge in [-0.3, -0.25) is 9.48 Å². The third kappa shape index (κ3) is 6.19. The lowest BCUT2D eigenvalue weighted by atomic mass is 10.1. The van der Waals surface area contributed by atoms with Crippen molar-refractivity contribution in [1.29, 1.82) is 0 Å². The Morgan fingerprint density at radius 2 is 1.66 bits per heavy atom. The normalized spacial score (nSPS) is 10.9. The maximum absolute atomic E-state index is 12.9. The number of nitrogens with zero attached hydrogens (tertiary/aromatic N) is 2. The fraction of sp³-hybridized carbons (Fsp3) is 0.154. The van der Waals surface area contributed by atoms with Crippen molar-refractivity contribution in [3.05, 3.63) is 108 Å². The van der Waals surface area contributed by atoms with Crippen LogP contribution in [0.1, 0.15) is 32.9 Å². The molecule has 4 rings (SSSR count). The summed E-state index contributed by atoms with van der Waals surface area (Å²) in [4.78, 5) is 12.9. The van der Waals surface area contributed by atoms with Crippen LogP contribution in [-0.2, 0) is 13.2 Å². The topological polar surface area (TPSA) is 56.2 Å². The molecule has 0 spiro atoms. The Balaban J connectivity index is 1.41. The van der Waals surface area contributed by atoms with Gasteiger partial charge < -0.3 is 10.1 Å². The summed E-state index contributed by atoms with van der Waals surface area (Å²) in [5.74, 6) is 0.384. The van der Waals surface area contributed by atoms with Crippen LogP contribution in [0.2, 0.25) is 15.1 Å². The number of anilines is 1. The van der Waals surface area contributed by atoms with Crippen LogP contribution in [0.15, 0.2) is 65.1 Å². The molecule has 9 heteroatoms. The summed E-state index contributed by atoms with van der Waals surface area (Å²) in [7, 11) is 0. The standard InChI is InChI=1S/C26H21BrCl3N3O2/c1-15-25(16(2)33(32-15)13-18-5-9-21(28)22(29)11-18)31-26(34)19-6-3-17(4-7-19)14-35-24-10-8-20(27)12-23(24)30/h3-12H,13-14H2,1-2H3,(H,31,34). The van der Waals surface area contributed by atoms with E-state index in [1.807, 2.05) is 48.9 Å². The van der Waals surface area contributed by atoms with E-state index in [-0.39, 0.29) is 5.91 Å². The lowest BCUT2D eigenvalue weighted by molar-refractivity contribution is 0.102. The minimum atomic E-state index is -0.214. The molecule has 0 unspecified atom stereocenters. The smallest absolute Gasteiger partial charge is 0.255 e. The zero-order valence-corrected chi connectivity index (χ0v) is 22.8. The molecule has 1 aromatic heterocycles. The van der Waals surface area contributed by atoms with Gasteiger partial charge in [-0.15, -0.1) is 0 Å². The summed E-state index contributed by atoms with van der Waals surface area (Å²) in [6.45, 7) is 4.63. The summed E-state index contributed by atoms with van der Waals surface area (Å²) >= 11 is 21.7. The van der Waals surface area contributed by atoms with Crippen molar-refractivity contribution in [3.8, 4) is 5.75 Å². The maximum Gasteiger partial charge on any atom is 0.255 e. The minimum Gasteiger partial charge on any atom is -0.487 e. The third-order valence-corrected chi connectivity index (χ3v) is 6.97. The van der Waals surface area contributed by atoms with E-state index in [2.05, 4.69) is 26.3 Å². The van der Waals surface area contributed by atoms with E-state index in [0.717, 1.165) is 27.0 Å². The number of amides is 1. The van der Waals surface area contributed by atoms with Crippen LogP contribution in [0.25, 0.3) is 0 Å². The van der Waals surface area contributed by atoms with Crippen LogP contribution < -0.4 is 10.1 Å². The predicted octanol–water partition coefficient (Wildman–Crippen LogP) is 8.10. The molecule has 1 amide bonds. The molecule has 0 aliphatic rings. The summed E-state index contributed by atoms with van der Waals surface area (Å²) in [6.07, 6.45) is 0. The average Bonchev–Trinajstić information content (AvgIpc) is 3.08. The molecular formula is C26H21BrCl3N3O2. The highest BCUT2D eigenvalue weighted by molar-refractivity contribution is 9.10. The molecule has 0 fully saturated rings. The maximum atomic E-state index is 12.9. The Kier molecular flexibility index (Phi) is 8.07. The van der Waals surface area contributed by atoms with Gasteiger partial charge >= 0.3 is 0 Å². The number of hydrogen-bond donors (Lipinski definition) is 1. The minimum absolute atomic E-state index is 0.214. The van der Waals surface area contributed by atoms with E-state index >= 15 is 0 Å². The highest BCUT2D eigenvalue weighted by atomic mass is 79.9. The number of halogens is 4. The molecule has 5 nitrogen and oxygen atoms in total. The summed E-state index contributed by atoms with van der Waals surface area (Å²) < 4.78 is 8.51. The van der Waals surface area contributed by atoms with Crippen molar-refractivity contribution >= 4 is 62.3 Å². The first-order chi connectivity index (χ1) is 16.7. The number of nitrogens with one attached hydrogen (secondary N) is 1. The molecule has 3 aromatic carbocycles. The van der Waals surface area contributed by atoms with Gasteiger partial charge in [-0.1, -0.05) is 68.9 Å². The largest absolute Gasteiger partial charge is 0.487 e. The number of carbonyl (C=O) groups is 1. The quantitative estimate of drug-likeness (QED) is 0.236. The summed E-state index contributed by atoms with van der Waals surface area (Å²) in [5.41, 5.74) is 4.68. The predicted molar refractivity (Wildman–Crippen MR) is 145 cm³/mol. The van der Waals surface area contributed by atoms with Crippen LogP contribution in [-0.4, -0.2) is 15.7 Å². The van der Waals surface area contributed by atoms with E-state index in [1.54, 1.807) is 30.3 Å². The van der Waals surface area contributed by atoms with Crippen molar-refractivity contribution in [3.63, 3.8) is 0 Å². The van der Waals surface area contributed by atoms with E-state index in [0.29, 0.717) is 45.2 Å². The fourth-order valence-electron chi connectivity index (χ4n) is 3.53. The molecule has 0 saturated heterocycles. The fourth-order valence-corrected chi connectivity index (χ4v) is 4.58. The molecule has 1 heterocycles. The van der Waals surface area contributed by atoms with Crippen LogP contribution in [0, 0.1) is 13.8 Å². The Hall–Kier alpha value is -2.51. The second kappa shape index (κ2) is 11.0. The Morgan fingerprint density at radius 3 is 2.34 bits per heavy atom. The average molecular weight is 594 g/mol. The zero-order valence-electron chi connectivity index (χ0n) is 18.9. The number of rotatable bonds is 7.